The molecule has 2 aromatic carbocycles. The summed E-state index contributed by atoms with van der Waals surface area (Å²) in [5.74, 6) is 0.302. The van der Waals surface area contributed by atoms with Crippen LogP contribution in [-0.4, -0.2) is 37.2 Å². The van der Waals surface area contributed by atoms with Crippen molar-refractivity contribution in [3.8, 4) is 5.75 Å². The average molecular weight is 368 g/mol. The summed E-state index contributed by atoms with van der Waals surface area (Å²) in [5.41, 5.74) is 2.27. The first-order valence-corrected chi connectivity index (χ1v) is 8.51. The Kier molecular flexibility index (Phi) is 5.57. The van der Waals surface area contributed by atoms with Gasteiger partial charge in [-0.3, -0.25) is 4.79 Å². The monoisotopic (exact) mass is 368 g/mol. The number of rotatable bonds is 7. The van der Waals surface area contributed by atoms with E-state index in [2.05, 4.69) is 4.74 Å². The van der Waals surface area contributed by atoms with E-state index in [-0.39, 0.29) is 25.4 Å². The maximum atomic E-state index is 13.1. The summed E-state index contributed by atoms with van der Waals surface area (Å²) in [7, 11) is 1.29. The van der Waals surface area contributed by atoms with Gasteiger partial charge in [0.15, 0.2) is 12.4 Å². The van der Waals surface area contributed by atoms with Crippen LogP contribution in [0.1, 0.15) is 27.2 Å². The van der Waals surface area contributed by atoms with Gasteiger partial charge in [0.05, 0.1) is 19.3 Å². The van der Waals surface area contributed by atoms with E-state index in [9.17, 15) is 14.7 Å². The van der Waals surface area contributed by atoms with Crippen LogP contribution in [0.2, 0.25) is 0 Å². The molecule has 6 nitrogen and oxygen atoms in total. The van der Waals surface area contributed by atoms with Crippen molar-refractivity contribution in [2.45, 2.75) is 13.3 Å². The number of methoxy groups -OCH3 is 1. The molecule has 0 aliphatic carbocycles. The van der Waals surface area contributed by atoms with Crippen molar-refractivity contribution in [1.29, 1.82) is 0 Å². The summed E-state index contributed by atoms with van der Waals surface area (Å²) in [6.07, 6.45) is 0.259. The highest BCUT2D eigenvalue weighted by Gasteiger charge is 2.22. The molecule has 3 aromatic rings. The zero-order valence-corrected chi connectivity index (χ0v) is 15.2. The Balaban J connectivity index is 1.94. The van der Waals surface area contributed by atoms with Crippen LogP contribution in [0.25, 0.3) is 11.0 Å². The Morgan fingerprint density at radius 1 is 1.15 bits per heavy atom. The van der Waals surface area contributed by atoms with Crippen LogP contribution in [0.4, 0.5) is 0 Å². The minimum Gasteiger partial charge on any atom is -0.482 e. The maximum Gasteiger partial charge on any atom is 0.343 e. The van der Waals surface area contributed by atoms with Gasteiger partial charge >= 0.3 is 5.97 Å². The van der Waals surface area contributed by atoms with Crippen molar-refractivity contribution < 1.29 is 28.6 Å². The van der Waals surface area contributed by atoms with Crippen molar-refractivity contribution in [3.63, 3.8) is 0 Å². The molecule has 3 rings (SSSR count). The van der Waals surface area contributed by atoms with Gasteiger partial charge in [-0.2, -0.15) is 0 Å². The number of benzene rings is 2. The first-order valence-electron chi connectivity index (χ1n) is 8.51. The van der Waals surface area contributed by atoms with Gasteiger partial charge in [-0.25, -0.2) is 4.79 Å². The largest absolute Gasteiger partial charge is 0.482 e. The molecule has 1 heterocycles. The zero-order chi connectivity index (χ0) is 19.4. The molecule has 6 heteroatoms. The fourth-order valence-electron chi connectivity index (χ4n) is 2.92. The highest BCUT2D eigenvalue weighted by atomic mass is 16.6. The Hall–Kier alpha value is -3.12. The first-order chi connectivity index (χ1) is 13.0. The summed E-state index contributed by atoms with van der Waals surface area (Å²) in [6.45, 7) is 1.49. The molecule has 0 bridgehead atoms. The molecule has 0 aliphatic heterocycles. The third kappa shape index (κ3) is 3.85. The number of ether oxygens (including phenoxy) is 2. The number of ketones is 1. The number of carbonyl (C=O) groups is 2. The number of aryl methyl sites for hydroxylation is 1. The van der Waals surface area contributed by atoms with Gasteiger partial charge in [-0.05, 0) is 36.8 Å². The smallest absolute Gasteiger partial charge is 0.343 e. The molecule has 0 spiro atoms. The summed E-state index contributed by atoms with van der Waals surface area (Å²) >= 11 is 0. The van der Waals surface area contributed by atoms with Crippen LogP contribution in [0, 0.1) is 6.92 Å². The van der Waals surface area contributed by atoms with Crippen molar-refractivity contribution in [2.24, 2.45) is 0 Å². The molecular formula is C21H20O6. The van der Waals surface area contributed by atoms with Crippen LogP contribution < -0.4 is 4.74 Å². The third-order valence-electron chi connectivity index (χ3n) is 4.24. The lowest BCUT2D eigenvalue weighted by molar-refractivity contribution is -0.142. The van der Waals surface area contributed by atoms with E-state index in [1.54, 1.807) is 31.2 Å². The van der Waals surface area contributed by atoms with Crippen molar-refractivity contribution in [1.82, 2.24) is 0 Å². The quantitative estimate of drug-likeness (QED) is 0.510. The maximum absolute atomic E-state index is 13.1. The fourth-order valence-corrected chi connectivity index (χ4v) is 2.92. The third-order valence-corrected chi connectivity index (χ3v) is 4.24. The normalized spacial score (nSPS) is 10.8. The minimum atomic E-state index is -0.479. The summed E-state index contributed by atoms with van der Waals surface area (Å²) in [6, 6.07) is 12.3. The van der Waals surface area contributed by atoms with Gasteiger partial charge in [0, 0.05) is 17.4 Å². The molecular weight excluding hydrogens is 348 g/mol. The van der Waals surface area contributed by atoms with Gasteiger partial charge < -0.3 is 19.0 Å². The number of fused-ring (bicyclic) bond motifs is 1. The number of furan rings is 1. The average Bonchev–Trinajstić information content (AvgIpc) is 3.04. The van der Waals surface area contributed by atoms with Gasteiger partial charge in [0.1, 0.15) is 17.1 Å². The molecule has 0 radical (unpaired) electrons. The van der Waals surface area contributed by atoms with Crippen LogP contribution in [-0.2, 0) is 16.0 Å². The lowest BCUT2D eigenvalue weighted by Crippen LogP contribution is -2.13. The molecule has 0 unspecified atom stereocenters. The number of hydrogen-bond acceptors (Lipinski definition) is 6. The van der Waals surface area contributed by atoms with Crippen LogP contribution in [0.3, 0.4) is 0 Å². The molecule has 0 amide bonds. The van der Waals surface area contributed by atoms with E-state index >= 15 is 0 Å². The van der Waals surface area contributed by atoms with Gasteiger partial charge in [-0.1, -0.05) is 18.2 Å². The predicted octanol–water partition coefficient (Wildman–Crippen LogP) is 3.06. The lowest BCUT2D eigenvalue weighted by atomic mass is 9.98. The Morgan fingerprint density at radius 2 is 1.93 bits per heavy atom. The highest BCUT2D eigenvalue weighted by Crippen LogP contribution is 2.29. The Labute approximate surface area is 156 Å². The molecule has 0 fully saturated rings. The number of esters is 1. The van der Waals surface area contributed by atoms with Crippen molar-refractivity contribution in [3.05, 3.63) is 64.9 Å². The van der Waals surface area contributed by atoms with E-state index < -0.39 is 5.97 Å². The molecule has 1 aromatic heterocycles. The van der Waals surface area contributed by atoms with E-state index in [0.717, 1.165) is 10.9 Å². The van der Waals surface area contributed by atoms with E-state index in [1.165, 1.54) is 7.11 Å². The van der Waals surface area contributed by atoms with Crippen molar-refractivity contribution in [2.75, 3.05) is 20.3 Å². The van der Waals surface area contributed by atoms with E-state index in [0.29, 0.717) is 28.2 Å². The SMILES string of the molecule is COC(=O)COc1ccc(C(=O)c2c(CCO)oc3ccccc23)cc1C. The number of hydrogen-bond donors (Lipinski definition) is 1. The second kappa shape index (κ2) is 8.05. The van der Waals surface area contributed by atoms with Crippen molar-refractivity contribution >= 4 is 22.7 Å². The second-order valence-corrected chi connectivity index (χ2v) is 6.04. The standard InChI is InChI=1S/C21H20O6/c1-13-11-14(7-8-16(13)26-12-19(23)25-2)21(24)20-15-5-3-4-6-17(15)27-18(20)9-10-22/h3-8,11,22H,9-10,12H2,1-2H3. The lowest BCUT2D eigenvalue weighted by Gasteiger charge is -2.10. The Bertz CT molecular complexity index is 986. The molecule has 0 atom stereocenters. The molecule has 1 N–H and O–H groups in total. The van der Waals surface area contributed by atoms with Crippen LogP contribution in [0.5, 0.6) is 5.75 Å². The topological polar surface area (TPSA) is 86.0 Å². The number of aliphatic hydroxyl groups is 1. The number of carbonyl (C=O) groups excluding carboxylic acids is 2. The summed E-state index contributed by atoms with van der Waals surface area (Å²) in [5, 5.41) is 10.0. The first kappa shape index (κ1) is 18.7. The van der Waals surface area contributed by atoms with Crippen LogP contribution >= 0.6 is 0 Å². The van der Waals surface area contributed by atoms with Crippen LogP contribution in [0.15, 0.2) is 46.9 Å². The molecule has 0 saturated heterocycles. The minimum absolute atomic E-state index is 0.112. The molecule has 0 aliphatic rings. The van der Waals surface area contributed by atoms with Gasteiger partial charge in [-0.15, -0.1) is 0 Å². The number of para-hydroxylation sites is 1. The van der Waals surface area contributed by atoms with E-state index in [4.69, 9.17) is 9.15 Å². The molecule has 0 saturated carbocycles. The fraction of sp³-hybridized carbons (Fsp3) is 0.238. The Morgan fingerprint density at radius 3 is 2.63 bits per heavy atom. The number of aliphatic hydroxyl groups excluding tert-OH is 1. The van der Waals surface area contributed by atoms with E-state index in [1.807, 2.05) is 18.2 Å². The second-order valence-electron chi connectivity index (χ2n) is 6.04. The summed E-state index contributed by atoms with van der Waals surface area (Å²) in [4.78, 5) is 24.4. The van der Waals surface area contributed by atoms with Gasteiger partial charge in [0.25, 0.3) is 0 Å². The van der Waals surface area contributed by atoms with Gasteiger partial charge in [0.2, 0.25) is 0 Å². The molecule has 27 heavy (non-hydrogen) atoms. The zero-order valence-electron chi connectivity index (χ0n) is 15.2. The predicted molar refractivity (Wildman–Crippen MR) is 99.1 cm³/mol. The highest BCUT2D eigenvalue weighted by molar-refractivity contribution is 6.17. The summed E-state index contributed by atoms with van der Waals surface area (Å²) < 4.78 is 15.7. The molecule has 140 valence electrons.